The van der Waals surface area contributed by atoms with E-state index in [1.54, 1.807) is 0 Å². The van der Waals surface area contributed by atoms with Gasteiger partial charge in [-0.3, -0.25) is 11.3 Å². The standard InChI is InChI=1S/C13H24N2S/c1-9-8-12(16-10(9)2)11(15-14)6-7-13(3,4)5/h8,11,15H,6-7,14H2,1-5H3. The van der Waals surface area contributed by atoms with E-state index in [4.69, 9.17) is 5.84 Å². The minimum Gasteiger partial charge on any atom is -0.271 e. The minimum atomic E-state index is 0.302. The van der Waals surface area contributed by atoms with Crippen LogP contribution in [0.3, 0.4) is 0 Å². The predicted octanol–water partition coefficient (Wildman–Crippen LogP) is 3.70. The molecular weight excluding hydrogens is 216 g/mol. The van der Waals surface area contributed by atoms with Crippen LogP contribution in [0, 0.1) is 19.3 Å². The van der Waals surface area contributed by atoms with Crippen molar-refractivity contribution in [1.82, 2.24) is 5.43 Å². The molecule has 16 heavy (non-hydrogen) atoms. The van der Waals surface area contributed by atoms with Crippen LogP contribution in [0.15, 0.2) is 6.07 Å². The molecule has 1 unspecified atom stereocenters. The lowest BCUT2D eigenvalue weighted by atomic mass is 9.88. The van der Waals surface area contributed by atoms with Gasteiger partial charge < -0.3 is 0 Å². The molecule has 1 heterocycles. The zero-order chi connectivity index (χ0) is 12.3. The zero-order valence-electron chi connectivity index (χ0n) is 11.1. The topological polar surface area (TPSA) is 38.0 Å². The van der Waals surface area contributed by atoms with Gasteiger partial charge in [-0.05, 0) is 43.7 Å². The van der Waals surface area contributed by atoms with Gasteiger partial charge in [-0.25, -0.2) is 0 Å². The van der Waals surface area contributed by atoms with E-state index < -0.39 is 0 Å². The van der Waals surface area contributed by atoms with Gasteiger partial charge in [0.2, 0.25) is 0 Å². The van der Waals surface area contributed by atoms with E-state index in [9.17, 15) is 0 Å². The molecule has 3 N–H and O–H groups in total. The molecule has 2 nitrogen and oxygen atoms in total. The first-order valence-corrected chi connectivity index (χ1v) is 6.68. The first kappa shape index (κ1) is 13.7. The van der Waals surface area contributed by atoms with Crippen LogP contribution in [0.5, 0.6) is 0 Å². The van der Waals surface area contributed by atoms with Gasteiger partial charge in [0.05, 0.1) is 6.04 Å². The van der Waals surface area contributed by atoms with E-state index in [-0.39, 0.29) is 0 Å². The van der Waals surface area contributed by atoms with E-state index >= 15 is 0 Å². The number of nitrogens with two attached hydrogens (primary N) is 1. The Hall–Kier alpha value is -0.380. The van der Waals surface area contributed by atoms with E-state index in [2.05, 4.69) is 46.1 Å². The molecule has 0 fully saturated rings. The molecule has 0 radical (unpaired) electrons. The molecule has 0 saturated heterocycles. The van der Waals surface area contributed by atoms with Gasteiger partial charge >= 0.3 is 0 Å². The van der Waals surface area contributed by atoms with Crippen molar-refractivity contribution in [3.05, 3.63) is 21.4 Å². The van der Waals surface area contributed by atoms with Gasteiger partial charge in [0, 0.05) is 9.75 Å². The Kier molecular flexibility index (Phi) is 4.53. The number of aryl methyl sites for hydroxylation is 2. The first-order valence-electron chi connectivity index (χ1n) is 5.86. The smallest absolute Gasteiger partial charge is 0.0553 e. The number of hydrogen-bond donors (Lipinski definition) is 2. The van der Waals surface area contributed by atoms with Gasteiger partial charge in [0.1, 0.15) is 0 Å². The Labute approximate surface area is 103 Å². The van der Waals surface area contributed by atoms with E-state index in [1.165, 1.54) is 21.7 Å². The Morgan fingerprint density at radius 2 is 2.00 bits per heavy atom. The Bertz CT molecular complexity index is 317. The van der Waals surface area contributed by atoms with Crippen LogP contribution in [-0.2, 0) is 0 Å². The lowest BCUT2D eigenvalue weighted by molar-refractivity contribution is 0.335. The van der Waals surface area contributed by atoms with Crippen molar-refractivity contribution in [2.24, 2.45) is 11.3 Å². The number of nitrogens with one attached hydrogen (secondary N) is 1. The molecule has 0 amide bonds. The summed E-state index contributed by atoms with van der Waals surface area (Å²) >= 11 is 1.86. The van der Waals surface area contributed by atoms with Gasteiger partial charge in [-0.15, -0.1) is 11.3 Å². The van der Waals surface area contributed by atoms with Crippen LogP contribution in [0.25, 0.3) is 0 Å². The summed E-state index contributed by atoms with van der Waals surface area (Å²) < 4.78 is 0. The highest BCUT2D eigenvalue weighted by Gasteiger charge is 2.17. The third kappa shape index (κ3) is 3.89. The molecule has 1 aromatic heterocycles. The zero-order valence-corrected chi connectivity index (χ0v) is 11.9. The second-order valence-corrected chi connectivity index (χ2v) is 6.99. The molecule has 1 atom stereocenters. The van der Waals surface area contributed by atoms with E-state index in [0.717, 1.165) is 6.42 Å². The molecule has 0 aliphatic heterocycles. The molecule has 1 aromatic rings. The Morgan fingerprint density at radius 1 is 1.38 bits per heavy atom. The fraction of sp³-hybridized carbons (Fsp3) is 0.692. The van der Waals surface area contributed by atoms with Crippen LogP contribution >= 0.6 is 11.3 Å². The van der Waals surface area contributed by atoms with Crippen molar-refractivity contribution in [2.75, 3.05) is 0 Å². The van der Waals surface area contributed by atoms with Crippen molar-refractivity contribution >= 4 is 11.3 Å². The largest absolute Gasteiger partial charge is 0.271 e. The Balaban J connectivity index is 2.68. The second-order valence-electron chi connectivity index (χ2n) is 5.71. The molecule has 0 saturated carbocycles. The van der Waals surface area contributed by atoms with Crippen molar-refractivity contribution in [3.63, 3.8) is 0 Å². The second kappa shape index (κ2) is 5.30. The number of hydrazine groups is 1. The minimum absolute atomic E-state index is 0.302. The maximum atomic E-state index is 5.65. The van der Waals surface area contributed by atoms with Gasteiger partial charge in [0.25, 0.3) is 0 Å². The number of thiophene rings is 1. The highest BCUT2D eigenvalue weighted by atomic mass is 32.1. The molecule has 0 spiro atoms. The summed E-state index contributed by atoms with van der Waals surface area (Å²) in [4.78, 5) is 2.76. The highest BCUT2D eigenvalue weighted by molar-refractivity contribution is 7.12. The van der Waals surface area contributed by atoms with Crippen LogP contribution in [0.4, 0.5) is 0 Å². The normalized spacial score (nSPS) is 14.1. The monoisotopic (exact) mass is 240 g/mol. The summed E-state index contributed by atoms with van der Waals surface area (Å²) in [5.74, 6) is 5.65. The van der Waals surface area contributed by atoms with Crippen molar-refractivity contribution in [3.8, 4) is 0 Å². The van der Waals surface area contributed by atoms with Gasteiger partial charge in [-0.2, -0.15) is 0 Å². The summed E-state index contributed by atoms with van der Waals surface area (Å²) in [7, 11) is 0. The summed E-state index contributed by atoms with van der Waals surface area (Å²) in [6, 6.07) is 2.56. The van der Waals surface area contributed by atoms with Gasteiger partial charge in [-0.1, -0.05) is 20.8 Å². The highest BCUT2D eigenvalue weighted by Crippen LogP contribution is 2.31. The molecule has 92 valence electrons. The van der Waals surface area contributed by atoms with Crippen molar-refractivity contribution in [1.29, 1.82) is 0 Å². The Morgan fingerprint density at radius 3 is 2.38 bits per heavy atom. The molecule has 0 aliphatic carbocycles. The molecule has 0 aromatic carbocycles. The van der Waals surface area contributed by atoms with Crippen LogP contribution in [0.1, 0.15) is 55.0 Å². The average Bonchev–Trinajstić information content (AvgIpc) is 2.46. The maximum Gasteiger partial charge on any atom is 0.0553 e. The third-order valence-corrected chi connectivity index (χ3v) is 4.18. The maximum absolute atomic E-state index is 5.65. The van der Waals surface area contributed by atoms with Gasteiger partial charge in [0.15, 0.2) is 0 Å². The van der Waals surface area contributed by atoms with Crippen LogP contribution in [0.2, 0.25) is 0 Å². The summed E-state index contributed by atoms with van der Waals surface area (Å²) in [6.45, 7) is 11.1. The lowest BCUT2D eigenvalue weighted by Gasteiger charge is -2.22. The molecule has 3 heteroatoms. The average molecular weight is 240 g/mol. The van der Waals surface area contributed by atoms with Crippen LogP contribution < -0.4 is 11.3 Å². The lowest BCUT2D eigenvalue weighted by Crippen LogP contribution is -2.28. The number of rotatable bonds is 4. The quantitative estimate of drug-likeness (QED) is 0.622. The summed E-state index contributed by atoms with van der Waals surface area (Å²) in [6.07, 6.45) is 2.28. The van der Waals surface area contributed by atoms with Crippen LogP contribution in [-0.4, -0.2) is 0 Å². The molecule has 1 rings (SSSR count). The fourth-order valence-corrected chi connectivity index (χ4v) is 2.80. The first-order chi connectivity index (χ1) is 7.33. The SMILES string of the molecule is Cc1cc(C(CCC(C)(C)C)NN)sc1C. The molecular formula is C13H24N2S. The summed E-state index contributed by atoms with van der Waals surface area (Å²) in [5, 5.41) is 0. The predicted molar refractivity (Wildman–Crippen MR) is 72.5 cm³/mol. The third-order valence-electron chi connectivity index (χ3n) is 2.91. The van der Waals surface area contributed by atoms with Crippen molar-refractivity contribution in [2.45, 2.75) is 53.5 Å². The molecule has 0 bridgehead atoms. The van der Waals surface area contributed by atoms with E-state index in [1.807, 2.05) is 11.3 Å². The van der Waals surface area contributed by atoms with E-state index in [0.29, 0.717) is 11.5 Å². The van der Waals surface area contributed by atoms with Crippen molar-refractivity contribution < 1.29 is 0 Å². The fourth-order valence-electron chi connectivity index (χ4n) is 1.66. The summed E-state index contributed by atoms with van der Waals surface area (Å²) in [5.41, 5.74) is 4.68. The number of hydrogen-bond acceptors (Lipinski definition) is 3. The molecule has 0 aliphatic rings.